The number of allylic oxidation sites excluding steroid dienone is 2. The molecule has 0 aromatic carbocycles. The molecule has 12 heteroatoms. The maximum Gasteiger partial charge on any atom is 0.309 e. The number of rotatable bonds is 6. The number of fused-ring (bicyclic) bond motifs is 1. The van der Waals surface area contributed by atoms with Crippen molar-refractivity contribution in [2.45, 2.75) is 106 Å². The summed E-state index contributed by atoms with van der Waals surface area (Å²) in [5, 5.41) is 0. The largest absolute Gasteiger partial charge is 0.462 e. The van der Waals surface area contributed by atoms with Gasteiger partial charge in [-0.2, -0.15) is 0 Å². The van der Waals surface area contributed by atoms with E-state index in [4.69, 9.17) is 23.7 Å². The molecular weight excluding hydrogens is 576 g/mol. The van der Waals surface area contributed by atoms with Gasteiger partial charge in [-0.15, -0.1) is 0 Å². The lowest BCUT2D eigenvalue weighted by Crippen LogP contribution is -2.58. The fourth-order valence-electron chi connectivity index (χ4n) is 5.88. The molecule has 0 radical (unpaired) electrons. The maximum atomic E-state index is 14.4. The van der Waals surface area contributed by atoms with Crippen LogP contribution in [0.5, 0.6) is 0 Å². The molecule has 8 unspecified atom stereocenters. The Morgan fingerprint density at radius 1 is 0.795 bits per heavy atom. The first-order chi connectivity index (χ1) is 20.2. The van der Waals surface area contributed by atoms with Gasteiger partial charge in [0.2, 0.25) is 6.10 Å². The topological polar surface area (TPSA) is 166 Å². The van der Waals surface area contributed by atoms with Crippen molar-refractivity contribution < 1.29 is 57.2 Å². The van der Waals surface area contributed by atoms with Gasteiger partial charge in [-0.25, -0.2) is 0 Å². The van der Waals surface area contributed by atoms with E-state index in [0.717, 1.165) is 27.7 Å². The molecule has 1 fully saturated rings. The van der Waals surface area contributed by atoms with E-state index in [1.165, 1.54) is 26.0 Å². The number of esters is 5. The second kappa shape index (κ2) is 13.9. The summed E-state index contributed by atoms with van der Waals surface area (Å²) in [5.74, 6) is -9.07. The predicted octanol–water partition coefficient (Wildman–Crippen LogP) is 3.23. The van der Waals surface area contributed by atoms with Crippen LogP contribution in [-0.2, 0) is 57.2 Å². The number of ether oxygens (including phenoxy) is 5. The van der Waals surface area contributed by atoms with Gasteiger partial charge in [0.25, 0.3) is 0 Å². The zero-order valence-electron chi connectivity index (χ0n) is 27.1. The summed E-state index contributed by atoms with van der Waals surface area (Å²) in [6.45, 7) is 17.8. The monoisotopic (exact) mass is 620 g/mol. The molecule has 0 spiro atoms. The standard InChI is InChI=1S/C32H44O12/c1-15(2)30(39)43-26-18(5)25(41-20(7)34)23-24(40-19(6)33)17(4)14-32(23,44-22(9)36)28(37)16(3)12-13-31(10,11)29(38)27(26)42-21(8)35/h12-13,15-17,23-27H,5,14H2,1-4,6-11H3. The van der Waals surface area contributed by atoms with E-state index in [1.807, 2.05) is 0 Å². The molecule has 2 aliphatic carbocycles. The van der Waals surface area contributed by atoms with Crippen LogP contribution in [0.15, 0.2) is 24.3 Å². The molecule has 0 N–H and O–H groups in total. The second-order valence-corrected chi connectivity index (χ2v) is 12.5. The van der Waals surface area contributed by atoms with Crippen LogP contribution in [0.25, 0.3) is 0 Å². The van der Waals surface area contributed by atoms with Crippen molar-refractivity contribution in [2.24, 2.45) is 29.1 Å². The van der Waals surface area contributed by atoms with Crippen molar-refractivity contribution in [3.05, 3.63) is 24.3 Å². The van der Waals surface area contributed by atoms with E-state index >= 15 is 0 Å². The average molecular weight is 621 g/mol. The number of ketones is 2. The number of hydrogen-bond acceptors (Lipinski definition) is 12. The quantitative estimate of drug-likeness (QED) is 0.242. The first-order valence-electron chi connectivity index (χ1n) is 14.5. The van der Waals surface area contributed by atoms with E-state index in [-0.39, 0.29) is 12.0 Å². The zero-order valence-corrected chi connectivity index (χ0v) is 27.1. The van der Waals surface area contributed by atoms with Crippen LogP contribution in [0.4, 0.5) is 0 Å². The van der Waals surface area contributed by atoms with Crippen molar-refractivity contribution >= 4 is 41.4 Å². The van der Waals surface area contributed by atoms with Crippen LogP contribution in [0, 0.1) is 29.1 Å². The minimum atomic E-state index is -2.02. The second-order valence-electron chi connectivity index (χ2n) is 12.5. The normalized spacial score (nSPS) is 32.1. The lowest BCUT2D eigenvalue weighted by molar-refractivity contribution is -0.187. The van der Waals surface area contributed by atoms with Gasteiger partial charge in [-0.05, 0) is 19.8 Å². The molecule has 1 saturated carbocycles. The smallest absolute Gasteiger partial charge is 0.309 e. The van der Waals surface area contributed by atoms with Gasteiger partial charge in [0, 0.05) is 51.0 Å². The third kappa shape index (κ3) is 7.81. The van der Waals surface area contributed by atoms with Crippen LogP contribution in [0.2, 0.25) is 0 Å². The molecule has 0 saturated heterocycles. The molecule has 2 aliphatic rings. The van der Waals surface area contributed by atoms with E-state index in [2.05, 4.69) is 6.58 Å². The lowest BCUT2D eigenvalue weighted by Gasteiger charge is -2.42. The van der Waals surface area contributed by atoms with Crippen molar-refractivity contribution in [3.8, 4) is 0 Å². The van der Waals surface area contributed by atoms with E-state index in [0.29, 0.717) is 0 Å². The van der Waals surface area contributed by atoms with Crippen LogP contribution in [0.1, 0.15) is 75.7 Å². The molecule has 0 aliphatic heterocycles. The predicted molar refractivity (Wildman–Crippen MR) is 154 cm³/mol. The molecule has 244 valence electrons. The zero-order chi connectivity index (χ0) is 33.9. The van der Waals surface area contributed by atoms with Crippen molar-refractivity contribution in [1.82, 2.24) is 0 Å². The molecule has 2 rings (SSSR count). The Hall–Kier alpha value is -3.83. The average Bonchev–Trinajstić information content (AvgIpc) is 3.15. The molecule has 8 atom stereocenters. The highest BCUT2D eigenvalue weighted by atomic mass is 16.6. The van der Waals surface area contributed by atoms with Gasteiger partial charge in [0.15, 0.2) is 23.3 Å². The van der Waals surface area contributed by atoms with Crippen LogP contribution >= 0.6 is 0 Å². The first-order valence-corrected chi connectivity index (χ1v) is 14.5. The Balaban J connectivity index is 3.10. The molecule has 0 heterocycles. The number of Topliss-reactive ketones (excluding diaryl/α,β-unsaturated/α-hetero) is 2. The number of carbonyl (C=O) groups is 7. The van der Waals surface area contributed by atoms with Gasteiger partial charge < -0.3 is 23.7 Å². The van der Waals surface area contributed by atoms with E-state index in [1.54, 1.807) is 27.7 Å². The Morgan fingerprint density at radius 3 is 1.80 bits per heavy atom. The van der Waals surface area contributed by atoms with Crippen LogP contribution < -0.4 is 0 Å². The Labute approximate surface area is 257 Å². The molecule has 12 nitrogen and oxygen atoms in total. The Bertz CT molecular complexity index is 1240. The molecule has 44 heavy (non-hydrogen) atoms. The summed E-state index contributed by atoms with van der Waals surface area (Å²) in [7, 11) is 0. The van der Waals surface area contributed by atoms with Gasteiger partial charge in [0.1, 0.15) is 12.2 Å². The fourth-order valence-corrected chi connectivity index (χ4v) is 5.88. The molecule has 0 aromatic rings. The number of hydrogen-bond donors (Lipinski definition) is 0. The van der Waals surface area contributed by atoms with Gasteiger partial charge >= 0.3 is 29.8 Å². The summed E-state index contributed by atoms with van der Waals surface area (Å²) in [5.41, 5.74) is -3.65. The highest BCUT2D eigenvalue weighted by Gasteiger charge is 2.65. The lowest BCUT2D eigenvalue weighted by atomic mass is 9.72. The first kappa shape index (κ1) is 36.4. The Kier molecular flexibility index (Phi) is 11.5. The van der Waals surface area contributed by atoms with Crippen molar-refractivity contribution in [1.29, 1.82) is 0 Å². The van der Waals surface area contributed by atoms with Gasteiger partial charge in [-0.3, -0.25) is 33.6 Å². The SMILES string of the molecule is C=C1C(OC(=O)C(C)C)C(OC(C)=O)C(=O)C(C)(C)C=CC(C)C(=O)C2(OC(C)=O)CC(C)C(OC(C)=O)C2C1OC(C)=O. The fraction of sp³-hybridized carbons (Fsp3) is 0.656. The van der Waals surface area contributed by atoms with E-state index < -0.39 is 101 Å². The summed E-state index contributed by atoms with van der Waals surface area (Å²) >= 11 is 0. The van der Waals surface area contributed by atoms with E-state index in [9.17, 15) is 33.6 Å². The Morgan fingerprint density at radius 2 is 1.32 bits per heavy atom. The van der Waals surface area contributed by atoms with Gasteiger partial charge in [0.05, 0.1) is 11.8 Å². The molecule has 0 bridgehead atoms. The third-order valence-corrected chi connectivity index (χ3v) is 7.86. The highest BCUT2D eigenvalue weighted by Crippen LogP contribution is 2.51. The van der Waals surface area contributed by atoms with Crippen molar-refractivity contribution in [2.75, 3.05) is 0 Å². The number of carbonyl (C=O) groups excluding carboxylic acids is 7. The molecule has 0 amide bonds. The summed E-state index contributed by atoms with van der Waals surface area (Å²) in [6.07, 6.45) is -3.50. The van der Waals surface area contributed by atoms with Crippen molar-refractivity contribution in [3.63, 3.8) is 0 Å². The van der Waals surface area contributed by atoms with Crippen LogP contribution in [-0.4, -0.2) is 71.4 Å². The molecular formula is C32H44O12. The third-order valence-electron chi connectivity index (χ3n) is 7.86. The highest BCUT2D eigenvalue weighted by molar-refractivity contribution is 5.95. The molecule has 0 aromatic heterocycles. The van der Waals surface area contributed by atoms with Gasteiger partial charge in [-0.1, -0.05) is 46.4 Å². The minimum Gasteiger partial charge on any atom is -0.462 e. The minimum absolute atomic E-state index is 0.122. The maximum absolute atomic E-state index is 14.4. The summed E-state index contributed by atoms with van der Waals surface area (Å²) < 4.78 is 28.5. The summed E-state index contributed by atoms with van der Waals surface area (Å²) in [4.78, 5) is 91.4. The summed E-state index contributed by atoms with van der Waals surface area (Å²) in [6, 6.07) is 0. The van der Waals surface area contributed by atoms with Crippen LogP contribution in [0.3, 0.4) is 0 Å².